The first kappa shape index (κ1) is 16.7. The standard InChI is InChI=1S/C13H21F2NO4/c1-12(2,3)20-11(18)16-6-5-13(14,15)9(8-16)7-10(17)19-4/h9H,5-8H2,1-4H3/t9-/m0/s1. The van der Waals surface area contributed by atoms with Gasteiger partial charge in [-0.1, -0.05) is 0 Å². The minimum absolute atomic E-state index is 0.0837. The number of likely N-dealkylation sites (tertiary alicyclic amines) is 1. The molecule has 0 aliphatic carbocycles. The predicted molar refractivity (Wildman–Crippen MR) is 67.5 cm³/mol. The molecule has 1 atom stereocenters. The average Bonchev–Trinajstić information content (AvgIpc) is 2.29. The molecule has 0 saturated carbocycles. The molecule has 116 valence electrons. The maximum absolute atomic E-state index is 13.8. The van der Waals surface area contributed by atoms with Crippen LogP contribution < -0.4 is 0 Å². The van der Waals surface area contributed by atoms with Crippen LogP contribution >= 0.6 is 0 Å². The molecule has 1 amide bonds. The molecule has 1 heterocycles. The molecule has 0 spiro atoms. The van der Waals surface area contributed by atoms with Gasteiger partial charge >= 0.3 is 12.1 Å². The Balaban J connectivity index is 2.70. The summed E-state index contributed by atoms with van der Waals surface area (Å²) in [5.41, 5.74) is -0.686. The molecule has 0 aromatic heterocycles. The van der Waals surface area contributed by atoms with Crippen molar-refractivity contribution >= 4 is 12.1 Å². The number of methoxy groups -OCH3 is 1. The van der Waals surface area contributed by atoms with Gasteiger partial charge in [0.15, 0.2) is 0 Å². The molecule has 1 rings (SSSR count). The molecule has 1 saturated heterocycles. The summed E-state index contributed by atoms with van der Waals surface area (Å²) in [6.07, 6.45) is -1.53. The van der Waals surface area contributed by atoms with E-state index in [1.165, 1.54) is 4.90 Å². The summed E-state index contributed by atoms with van der Waals surface area (Å²) in [4.78, 5) is 24.3. The van der Waals surface area contributed by atoms with E-state index in [4.69, 9.17) is 4.74 Å². The van der Waals surface area contributed by atoms with Crippen LogP contribution in [0.1, 0.15) is 33.6 Å². The van der Waals surface area contributed by atoms with E-state index < -0.39 is 42.3 Å². The first-order chi connectivity index (χ1) is 9.05. The van der Waals surface area contributed by atoms with Crippen LogP contribution in [0.5, 0.6) is 0 Å². The summed E-state index contributed by atoms with van der Waals surface area (Å²) in [6.45, 7) is 4.82. The lowest BCUT2D eigenvalue weighted by Gasteiger charge is -2.38. The van der Waals surface area contributed by atoms with Gasteiger partial charge in [-0.05, 0) is 20.8 Å². The van der Waals surface area contributed by atoms with Gasteiger partial charge in [0.05, 0.1) is 19.4 Å². The van der Waals surface area contributed by atoms with Crippen LogP contribution in [0.2, 0.25) is 0 Å². The number of alkyl halides is 2. The highest BCUT2D eigenvalue weighted by atomic mass is 19.3. The number of rotatable bonds is 2. The zero-order valence-electron chi connectivity index (χ0n) is 12.2. The molecule has 0 aromatic carbocycles. The molecular weight excluding hydrogens is 272 g/mol. The quantitative estimate of drug-likeness (QED) is 0.734. The second-order valence-corrected chi connectivity index (χ2v) is 5.91. The van der Waals surface area contributed by atoms with E-state index >= 15 is 0 Å². The van der Waals surface area contributed by atoms with Crippen LogP contribution in [0.3, 0.4) is 0 Å². The summed E-state index contributed by atoms with van der Waals surface area (Å²) in [7, 11) is 1.15. The largest absolute Gasteiger partial charge is 0.469 e. The van der Waals surface area contributed by atoms with E-state index in [0.717, 1.165) is 7.11 Å². The molecule has 1 aliphatic heterocycles. The maximum atomic E-state index is 13.8. The first-order valence-electron chi connectivity index (χ1n) is 6.48. The predicted octanol–water partition coefficient (Wildman–Crippen LogP) is 2.44. The first-order valence-corrected chi connectivity index (χ1v) is 6.48. The van der Waals surface area contributed by atoms with Crippen LogP contribution in [0.25, 0.3) is 0 Å². The van der Waals surface area contributed by atoms with E-state index in [1.807, 2.05) is 0 Å². The average molecular weight is 293 g/mol. The summed E-state index contributed by atoms with van der Waals surface area (Å²) in [5.74, 6) is -4.93. The third-order valence-electron chi connectivity index (χ3n) is 3.05. The summed E-state index contributed by atoms with van der Waals surface area (Å²) < 4.78 is 37.1. The molecule has 20 heavy (non-hydrogen) atoms. The molecule has 1 aliphatic rings. The van der Waals surface area contributed by atoms with Gasteiger partial charge in [0.25, 0.3) is 5.92 Å². The van der Waals surface area contributed by atoms with Crippen molar-refractivity contribution in [1.82, 2.24) is 4.90 Å². The number of carbonyl (C=O) groups is 2. The Morgan fingerprint density at radius 1 is 1.35 bits per heavy atom. The van der Waals surface area contributed by atoms with Gasteiger partial charge in [-0.2, -0.15) is 0 Å². The number of nitrogens with zero attached hydrogens (tertiary/aromatic N) is 1. The minimum atomic E-state index is -2.98. The zero-order valence-corrected chi connectivity index (χ0v) is 12.2. The van der Waals surface area contributed by atoms with Crippen LogP contribution in [0.4, 0.5) is 13.6 Å². The fourth-order valence-electron chi connectivity index (χ4n) is 1.97. The topological polar surface area (TPSA) is 55.8 Å². The summed E-state index contributed by atoms with van der Waals surface area (Å²) in [6, 6.07) is 0. The molecule has 0 bridgehead atoms. The van der Waals surface area contributed by atoms with Gasteiger partial charge in [-0.25, -0.2) is 13.6 Å². The zero-order chi connectivity index (χ0) is 15.6. The highest BCUT2D eigenvalue weighted by molar-refractivity contribution is 5.71. The number of carbonyl (C=O) groups excluding carboxylic acids is 2. The fraction of sp³-hybridized carbons (Fsp3) is 0.846. The van der Waals surface area contributed by atoms with E-state index in [1.54, 1.807) is 20.8 Å². The van der Waals surface area contributed by atoms with Crippen LogP contribution in [0, 0.1) is 5.92 Å². The molecule has 1 fully saturated rings. The van der Waals surface area contributed by atoms with Crippen molar-refractivity contribution in [3.05, 3.63) is 0 Å². The number of halogens is 2. The Hall–Kier alpha value is -1.40. The Labute approximate surface area is 117 Å². The number of hydrogen-bond acceptors (Lipinski definition) is 4. The molecule has 5 nitrogen and oxygen atoms in total. The molecule has 0 unspecified atom stereocenters. The number of esters is 1. The van der Waals surface area contributed by atoms with E-state index in [2.05, 4.69) is 4.74 Å². The summed E-state index contributed by atoms with van der Waals surface area (Å²) >= 11 is 0. The van der Waals surface area contributed by atoms with Crippen molar-refractivity contribution in [3.63, 3.8) is 0 Å². The molecule has 0 aromatic rings. The number of ether oxygens (including phenoxy) is 2. The third-order valence-corrected chi connectivity index (χ3v) is 3.05. The van der Waals surface area contributed by atoms with E-state index in [0.29, 0.717) is 0 Å². The van der Waals surface area contributed by atoms with Crippen molar-refractivity contribution in [2.45, 2.75) is 45.1 Å². The van der Waals surface area contributed by atoms with Gasteiger partial charge in [0.1, 0.15) is 5.60 Å². The fourth-order valence-corrected chi connectivity index (χ4v) is 1.97. The molecule has 0 radical (unpaired) electrons. The van der Waals surface area contributed by atoms with E-state index in [9.17, 15) is 18.4 Å². The number of hydrogen-bond donors (Lipinski definition) is 0. The van der Waals surface area contributed by atoms with Gasteiger partial charge in [0, 0.05) is 19.5 Å². The normalized spacial score (nSPS) is 22.3. The van der Waals surface area contributed by atoms with Crippen molar-refractivity contribution in [3.8, 4) is 0 Å². The van der Waals surface area contributed by atoms with Gasteiger partial charge < -0.3 is 14.4 Å². The monoisotopic (exact) mass is 293 g/mol. The van der Waals surface area contributed by atoms with E-state index in [-0.39, 0.29) is 13.1 Å². The van der Waals surface area contributed by atoms with Crippen LogP contribution in [0.15, 0.2) is 0 Å². The van der Waals surface area contributed by atoms with Crippen molar-refractivity contribution in [2.75, 3.05) is 20.2 Å². The number of piperidine rings is 1. The van der Waals surface area contributed by atoms with Gasteiger partial charge in [-0.3, -0.25) is 4.79 Å². The minimum Gasteiger partial charge on any atom is -0.469 e. The van der Waals surface area contributed by atoms with Crippen molar-refractivity contribution in [1.29, 1.82) is 0 Å². The van der Waals surface area contributed by atoms with Crippen LogP contribution in [-0.2, 0) is 14.3 Å². The lowest BCUT2D eigenvalue weighted by Crippen LogP contribution is -2.51. The second-order valence-electron chi connectivity index (χ2n) is 5.91. The van der Waals surface area contributed by atoms with Crippen molar-refractivity contribution in [2.24, 2.45) is 5.92 Å². The maximum Gasteiger partial charge on any atom is 0.410 e. The third kappa shape index (κ3) is 4.61. The summed E-state index contributed by atoms with van der Waals surface area (Å²) in [5, 5.41) is 0. The van der Waals surface area contributed by atoms with Gasteiger partial charge in [0.2, 0.25) is 0 Å². The Bertz CT molecular complexity index is 379. The molecule has 7 heteroatoms. The van der Waals surface area contributed by atoms with Crippen LogP contribution in [-0.4, -0.2) is 48.7 Å². The SMILES string of the molecule is COC(=O)C[C@H]1CN(C(=O)OC(C)(C)C)CCC1(F)F. The molecule has 0 N–H and O–H groups in total. The van der Waals surface area contributed by atoms with Crippen molar-refractivity contribution < 1.29 is 27.8 Å². The Morgan fingerprint density at radius 2 is 1.95 bits per heavy atom. The lowest BCUT2D eigenvalue weighted by atomic mass is 9.91. The van der Waals surface area contributed by atoms with Gasteiger partial charge in [-0.15, -0.1) is 0 Å². The highest BCUT2D eigenvalue weighted by Crippen LogP contribution is 2.36. The Morgan fingerprint density at radius 3 is 2.45 bits per heavy atom. The second kappa shape index (κ2) is 5.93. The lowest BCUT2D eigenvalue weighted by molar-refractivity contribution is -0.151. The molecular formula is C13H21F2NO4. The smallest absolute Gasteiger partial charge is 0.410 e. The number of amides is 1. The highest BCUT2D eigenvalue weighted by Gasteiger charge is 2.46. The Kier molecular flexibility index (Phi) is 4.94.